The van der Waals surface area contributed by atoms with Gasteiger partial charge in [-0.25, -0.2) is 9.67 Å². The fraction of sp³-hybridized carbons (Fsp3) is 0.125. The summed E-state index contributed by atoms with van der Waals surface area (Å²) in [5.41, 5.74) is 1.99. The number of ether oxygens (including phenoxy) is 1. The van der Waals surface area contributed by atoms with Crippen molar-refractivity contribution < 1.29 is 4.74 Å². The van der Waals surface area contributed by atoms with E-state index in [1.807, 2.05) is 66.2 Å². The van der Waals surface area contributed by atoms with Gasteiger partial charge in [-0.15, -0.1) is 5.10 Å². The molecular formula is C16H15N3O. The van der Waals surface area contributed by atoms with Gasteiger partial charge in [0.2, 0.25) is 0 Å². The Hall–Kier alpha value is -2.62. The molecule has 2 aromatic carbocycles. The molecule has 0 fully saturated rings. The summed E-state index contributed by atoms with van der Waals surface area (Å²) in [4.78, 5) is 4.52. The highest BCUT2D eigenvalue weighted by atomic mass is 16.5. The number of hydrogen-bond acceptors (Lipinski definition) is 3. The molecule has 0 aliphatic rings. The Bertz CT molecular complexity index is 702. The van der Waals surface area contributed by atoms with Crippen LogP contribution >= 0.6 is 0 Å². The van der Waals surface area contributed by atoms with Crippen molar-refractivity contribution in [3.8, 4) is 22.8 Å². The molecule has 0 unspecified atom stereocenters. The summed E-state index contributed by atoms with van der Waals surface area (Å²) in [5.74, 6) is 2.41. The largest absolute Gasteiger partial charge is 0.497 e. The lowest BCUT2D eigenvalue weighted by Gasteiger charge is -2.01. The van der Waals surface area contributed by atoms with E-state index in [-0.39, 0.29) is 0 Å². The van der Waals surface area contributed by atoms with Crippen molar-refractivity contribution in [1.29, 1.82) is 0 Å². The molecule has 4 heteroatoms. The summed E-state index contributed by atoms with van der Waals surface area (Å²) in [5, 5.41) is 4.57. The first-order chi connectivity index (χ1) is 9.78. The molecule has 0 aliphatic heterocycles. The van der Waals surface area contributed by atoms with E-state index in [4.69, 9.17) is 4.74 Å². The van der Waals surface area contributed by atoms with Gasteiger partial charge >= 0.3 is 0 Å². The maximum atomic E-state index is 5.16. The first kappa shape index (κ1) is 12.4. The van der Waals surface area contributed by atoms with Crippen LogP contribution in [-0.2, 0) is 0 Å². The van der Waals surface area contributed by atoms with E-state index < -0.39 is 0 Å². The molecule has 4 nitrogen and oxygen atoms in total. The maximum Gasteiger partial charge on any atom is 0.181 e. The van der Waals surface area contributed by atoms with Gasteiger partial charge in [0.05, 0.1) is 12.8 Å². The molecular weight excluding hydrogens is 250 g/mol. The van der Waals surface area contributed by atoms with Gasteiger partial charge in [0.1, 0.15) is 11.6 Å². The highest BCUT2D eigenvalue weighted by molar-refractivity contribution is 5.56. The van der Waals surface area contributed by atoms with Crippen molar-refractivity contribution >= 4 is 0 Å². The number of hydrogen-bond donors (Lipinski definition) is 0. The summed E-state index contributed by atoms with van der Waals surface area (Å²) in [7, 11) is 1.65. The van der Waals surface area contributed by atoms with E-state index >= 15 is 0 Å². The third kappa shape index (κ3) is 2.28. The molecule has 0 amide bonds. The Morgan fingerprint density at radius 1 is 0.950 bits per heavy atom. The Morgan fingerprint density at radius 3 is 2.30 bits per heavy atom. The lowest BCUT2D eigenvalue weighted by Crippen LogP contribution is -1.98. The average Bonchev–Trinajstić information content (AvgIpc) is 2.90. The zero-order valence-electron chi connectivity index (χ0n) is 11.4. The number of rotatable bonds is 3. The van der Waals surface area contributed by atoms with Crippen LogP contribution < -0.4 is 4.74 Å². The van der Waals surface area contributed by atoms with Crippen LogP contribution in [0.3, 0.4) is 0 Å². The van der Waals surface area contributed by atoms with Crippen molar-refractivity contribution in [3.63, 3.8) is 0 Å². The molecule has 0 bridgehead atoms. The van der Waals surface area contributed by atoms with Gasteiger partial charge in [-0.1, -0.05) is 18.2 Å². The maximum absolute atomic E-state index is 5.16. The topological polar surface area (TPSA) is 39.9 Å². The van der Waals surface area contributed by atoms with Gasteiger partial charge in [-0.3, -0.25) is 0 Å². The predicted octanol–water partition coefficient (Wildman–Crippen LogP) is 3.25. The molecule has 0 N–H and O–H groups in total. The van der Waals surface area contributed by atoms with Crippen LogP contribution in [0.5, 0.6) is 5.75 Å². The minimum absolute atomic E-state index is 0.717. The molecule has 1 heterocycles. The van der Waals surface area contributed by atoms with E-state index in [0.717, 1.165) is 22.8 Å². The summed E-state index contributed by atoms with van der Waals surface area (Å²) < 4.78 is 7.00. The van der Waals surface area contributed by atoms with Crippen LogP contribution in [0.1, 0.15) is 5.82 Å². The van der Waals surface area contributed by atoms with E-state index in [0.29, 0.717) is 5.82 Å². The molecule has 1 aromatic heterocycles. The lowest BCUT2D eigenvalue weighted by atomic mass is 10.2. The number of para-hydroxylation sites is 1. The normalized spacial score (nSPS) is 10.5. The number of aryl methyl sites for hydroxylation is 1. The lowest BCUT2D eigenvalue weighted by molar-refractivity contribution is 0.415. The Labute approximate surface area is 117 Å². The second kappa shape index (κ2) is 5.17. The standard InChI is InChI=1S/C16H15N3O/c1-12-17-16(13-8-10-15(20-2)11-9-13)18-19(12)14-6-4-3-5-7-14/h3-11H,1-2H3. The molecule has 3 aromatic rings. The Morgan fingerprint density at radius 2 is 1.65 bits per heavy atom. The zero-order chi connectivity index (χ0) is 13.9. The van der Waals surface area contributed by atoms with Gasteiger partial charge < -0.3 is 4.74 Å². The van der Waals surface area contributed by atoms with Crippen LogP contribution in [0.2, 0.25) is 0 Å². The molecule has 20 heavy (non-hydrogen) atoms. The monoisotopic (exact) mass is 265 g/mol. The molecule has 0 radical (unpaired) electrons. The van der Waals surface area contributed by atoms with Gasteiger partial charge in [0.15, 0.2) is 5.82 Å². The smallest absolute Gasteiger partial charge is 0.181 e. The van der Waals surface area contributed by atoms with Gasteiger partial charge in [0.25, 0.3) is 0 Å². The molecule has 0 saturated carbocycles. The summed E-state index contributed by atoms with van der Waals surface area (Å²) in [6.07, 6.45) is 0. The van der Waals surface area contributed by atoms with Crippen LogP contribution in [0, 0.1) is 6.92 Å². The SMILES string of the molecule is COc1ccc(-c2nc(C)n(-c3ccccc3)n2)cc1. The van der Waals surface area contributed by atoms with E-state index in [1.165, 1.54) is 0 Å². The zero-order valence-corrected chi connectivity index (χ0v) is 11.4. The molecule has 100 valence electrons. The van der Waals surface area contributed by atoms with Crippen molar-refractivity contribution in [2.45, 2.75) is 6.92 Å². The van der Waals surface area contributed by atoms with Crippen molar-refractivity contribution in [3.05, 3.63) is 60.4 Å². The Kier molecular flexibility index (Phi) is 3.21. The fourth-order valence-electron chi connectivity index (χ4n) is 2.07. The molecule has 0 atom stereocenters. The van der Waals surface area contributed by atoms with Crippen molar-refractivity contribution in [2.75, 3.05) is 7.11 Å². The van der Waals surface area contributed by atoms with E-state index in [1.54, 1.807) is 7.11 Å². The van der Waals surface area contributed by atoms with E-state index in [9.17, 15) is 0 Å². The van der Waals surface area contributed by atoms with Crippen LogP contribution in [0.25, 0.3) is 17.1 Å². The first-order valence-electron chi connectivity index (χ1n) is 6.41. The van der Waals surface area contributed by atoms with Crippen molar-refractivity contribution in [1.82, 2.24) is 14.8 Å². The Balaban J connectivity index is 2.00. The van der Waals surface area contributed by atoms with Gasteiger partial charge in [0, 0.05) is 5.56 Å². The predicted molar refractivity (Wildman–Crippen MR) is 78.1 cm³/mol. The average molecular weight is 265 g/mol. The minimum atomic E-state index is 0.717. The summed E-state index contributed by atoms with van der Waals surface area (Å²) in [6.45, 7) is 1.95. The highest BCUT2D eigenvalue weighted by Crippen LogP contribution is 2.20. The third-order valence-electron chi connectivity index (χ3n) is 3.12. The summed E-state index contributed by atoms with van der Waals surface area (Å²) in [6, 6.07) is 17.7. The van der Waals surface area contributed by atoms with Gasteiger partial charge in [-0.2, -0.15) is 0 Å². The quantitative estimate of drug-likeness (QED) is 0.729. The molecule has 0 spiro atoms. The summed E-state index contributed by atoms with van der Waals surface area (Å²) >= 11 is 0. The number of methoxy groups -OCH3 is 1. The number of nitrogens with zero attached hydrogens (tertiary/aromatic N) is 3. The number of benzene rings is 2. The van der Waals surface area contributed by atoms with E-state index in [2.05, 4.69) is 10.1 Å². The highest BCUT2D eigenvalue weighted by Gasteiger charge is 2.09. The van der Waals surface area contributed by atoms with Crippen LogP contribution in [0.15, 0.2) is 54.6 Å². The van der Waals surface area contributed by atoms with Crippen LogP contribution in [0.4, 0.5) is 0 Å². The molecule has 0 saturated heterocycles. The van der Waals surface area contributed by atoms with Crippen LogP contribution in [-0.4, -0.2) is 21.9 Å². The third-order valence-corrected chi connectivity index (χ3v) is 3.12. The first-order valence-corrected chi connectivity index (χ1v) is 6.41. The molecule has 3 rings (SSSR count). The minimum Gasteiger partial charge on any atom is -0.497 e. The number of aromatic nitrogens is 3. The van der Waals surface area contributed by atoms with Gasteiger partial charge in [-0.05, 0) is 43.3 Å². The second-order valence-electron chi connectivity index (χ2n) is 4.46. The van der Waals surface area contributed by atoms with Crippen molar-refractivity contribution in [2.24, 2.45) is 0 Å². The fourth-order valence-corrected chi connectivity index (χ4v) is 2.07. The second-order valence-corrected chi connectivity index (χ2v) is 4.46. The molecule has 0 aliphatic carbocycles.